The van der Waals surface area contributed by atoms with Gasteiger partial charge in [-0.25, -0.2) is 4.98 Å². The highest BCUT2D eigenvalue weighted by Crippen LogP contribution is 2.26. The number of aromatic nitrogens is 1. The molecule has 2 heterocycles. The zero-order valence-corrected chi connectivity index (χ0v) is 9.80. The van der Waals surface area contributed by atoms with E-state index in [-0.39, 0.29) is 11.5 Å². The number of rotatable bonds is 2. The Kier molecular flexibility index (Phi) is 3.12. The van der Waals surface area contributed by atoms with Gasteiger partial charge in [0.05, 0.1) is 4.92 Å². The largest absolute Gasteiger partial charge is 0.378 e. The first kappa shape index (κ1) is 11.6. The fourth-order valence-corrected chi connectivity index (χ4v) is 2.02. The van der Waals surface area contributed by atoms with E-state index in [2.05, 4.69) is 16.8 Å². The Morgan fingerprint density at radius 3 is 2.65 bits per heavy atom. The van der Waals surface area contributed by atoms with Crippen molar-refractivity contribution in [2.45, 2.75) is 19.8 Å². The number of nitrogens with zero attached hydrogens (tertiary/aromatic N) is 3. The summed E-state index contributed by atoms with van der Waals surface area (Å²) in [5.41, 5.74) is 5.45. The molecule has 1 aromatic rings. The fourth-order valence-electron chi connectivity index (χ4n) is 2.02. The lowest BCUT2D eigenvalue weighted by Crippen LogP contribution is -2.33. The number of pyridine rings is 1. The minimum atomic E-state index is -0.510. The molecule has 0 amide bonds. The molecule has 0 radical (unpaired) electrons. The Morgan fingerprint density at radius 2 is 2.12 bits per heavy atom. The van der Waals surface area contributed by atoms with E-state index in [0.717, 1.165) is 37.7 Å². The van der Waals surface area contributed by atoms with Crippen LogP contribution in [0.4, 0.5) is 17.3 Å². The van der Waals surface area contributed by atoms with Crippen LogP contribution in [0.5, 0.6) is 0 Å². The maximum Gasteiger partial charge on any atom is 0.311 e. The normalized spacial score (nSPS) is 17.1. The van der Waals surface area contributed by atoms with E-state index < -0.39 is 4.92 Å². The molecule has 0 atom stereocenters. The van der Waals surface area contributed by atoms with Gasteiger partial charge in [-0.15, -0.1) is 0 Å². The molecule has 0 unspecified atom stereocenters. The van der Waals surface area contributed by atoms with Gasteiger partial charge in [0.15, 0.2) is 0 Å². The number of nitrogens with two attached hydrogens (primary N) is 1. The fraction of sp³-hybridized carbons (Fsp3) is 0.545. The van der Waals surface area contributed by atoms with Crippen molar-refractivity contribution in [3.05, 3.63) is 22.2 Å². The molecule has 0 spiro atoms. The van der Waals surface area contributed by atoms with Gasteiger partial charge in [-0.2, -0.15) is 0 Å². The topological polar surface area (TPSA) is 85.3 Å². The lowest BCUT2D eigenvalue weighted by Gasteiger charge is -2.31. The van der Waals surface area contributed by atoms with Crippen LogP contribution in [-0.2, 0) is 0 Å². The highest BCUT2D eigenvalue weighted by molar-refractivity contribution is 5.58. The Balaban J connectivity index is 2.17. The highest BCUT2D eigenvalue weighted by atomic mass is 16.6. The predicted octanol–water partition coefficient (Wildman–Crippen LogP) is 1.81. The summed E-state index contributed by atoms with van der Waals surface area (Å²) < 4.78 is 0. The van der Waals surface area contributed by atoms with Crippen molar-refractivity contribution in [3.63, 3.8) is 0 Å². The number of hydrogen-bond acceptors (Lipinski definition) is 5. The Bertz CT molecular complexity index is 427. The summed E-state index contributed by atoms with van der Waals surface area (Å²) in [5.74, 6) is 1.47. The first-order valence-electron chi connectivity index (χ1n) is 5.74. The van der Waals surface area contributed by atoms with E-state index in [9.17, 15) is 10.1 Å². The average molecular weight is 236 g/mol. The molecular formula is C11H16N4O2. The van der Waals surface area contributed by atoms with Gasteiger partial charge in [0.1, 0.15) is 5.82 Å². The lowest BCUT2D eigenvalue weighted by atomic mass is 9.99. The van der Waals surface area contributed by atoms with Crippen molar-refractivity contribution >= 4 is 17.3 Å². The van der Waals surface area contributed by atoms with Crippen LogP contribution in [0.3, 0.4) is 0 Å². The average Bonchev–Trinajstić information content (AvgIpc) is 2.29. The van der Waals surface area contributed by atoms with Crippen LogP contribution in [0, 0.1) is 16.0 Å². The van der Waals surface area contributed by atoms with Crippen molar-refractivity contribution in [1.29, 1.82) is 0 Å². The van der Waals surface area contributed by atoms with E-state index in [1.54, 1.807) is 6.07 Å². The van der Waals surface area contributed by atoms with Gasteiger partial charge >= 0.3 is 5.69 Å². The molecule has 2 N–H and O–H groups in total. The van der Waals surface area contributed by atoms with Crippen LogP contribution in [0.15, 0.2) is 12.1 Å². The zero-order valence-electron chi connectivity index (χ0n) is 9.80. The van der Waals surface area contributed by atoms with Gasteiger partial charge in [-0.1, -0.05) is 6.92 Å². The molecule has 0 saturated carbocycles. The summed E-state index contributed by atoms with van der Waals surface area (Å²) in [4.78, 5) is 16.3. The number of nitro groups is 1. The van der Waals surface area contributed by atoms with E-state index in [4.69, 9.17) is 5.73 Å². The molecule has 6 nitrogen and oxygen atoms in total. The molecule has 6 heteroatoms. The van der Waals surface area contributed by atoms with Gasteiger partial charge in [-0.05, 0) is 24.8 Å². The second-order valence-electron chi connectivity index (χ2n) is 4.50. The molecule has 1 fully saturated rings. The number of hydrogen-bond donors (Lipinski definition) is 1. The lowest BCUT2D eigenvalue weighted by molar-refractivity contribution is -0.384. The predicted molar refractivity (Wildman–Crippen MR) is 65.9 cm³/mol. The van der Waals surface area contributed by atoms with Crippen LogP contribution >= 0.6 is 0 Å². The van der Waals surface area contributed by atoms with Crippen LogP contribution in [0.2, 0.25) is 0 Å². The number of piperidine rings is 1. The van der Waals surface area contributed by atoms with Crippen molar-refractivity contribution in [2.75, 3.05) is 23.7 Å². The van der Waals surface area contributed by atoms with Crippen LogP contribution in [0.25, 0.3) is 0 Å². The molecule has 1 aliphatic heterocycles. The quantitative estimate of drug-likeness (QED) is 0.625. The molecule has 0 aromatic carbocycles. The van der Waals surface area contributed by atoms with Crippen LogP contribution in [-0.4, -0.2) is 23.0 Å². The summed E-state index contributed by atoms with van der Waals surface area (Å²) >= 11 is 0. The third-order valence-electron chi connectivity index (χ3n) is 3.19. The van der Waals surface area contributed by atoms with Gasteiger partial charge in [0.25, 0.3) is 0 Å². The number of anilines is 2. The van der Waals surface area contributed by atoms with Crippen molar-refractivity contribution in [3.8, 4) is 0 Å². The zero-order chi connectivity index (χ0) is 12.4. The third-order valence-corrected chi connectivity index (χ3v) is 3.19. The molecule has 2 rings (SSSR count). The van der Waals surface area contributed by atoms with Crippen molar-refractivity contribution in [2.24, 2.45) is 5.92 Å². The van der Waals surface area contributed by atoms with Gasteiger partial charge < -0.3 is 10.6 Å². The summed E-state index contributed by atoms with van der Waals surface area (Å²) in [6.45, 7) is 4.10. The standard InChI is InChI=1S/C11H16N4O2/c1-8-4-6-14(7-5-8)10-3-2-9(15(16)17)11(12)13-10/h2-3,8H,4-7H2,1H3,(H2,12,13). The smallest absolute Gasteiger partial charge is 0.311 e. The van der Waals surface area contributed by atoms with Crippen molar-refractivity contribution in [1.82, 2.24) is 4.98 Å². The minimum absolute atomic E-state index is 0.00822. The molecule has 17 heavy (non-hydrogen) atoms. The minimum Gasteiger partial charge on any atom is -0.378 e. The second kappa shape index (κ2) is 4.57. The first-order chi connectivity index (χ1) is 8.08. The van der Waals surface area contributed by atoms with Gasteiger partial charge in [0.2, 0.25) is 5.82 Å². The van der Waals surface area contributed by atoms with Crippen LogP contribution < -0.4 is 10.6 Å². The molecule has 92 valence electrons. The summed E-state index contributed by atoms with van der Waals surface area (Å²) in [6.07, 6.45) is 2.25. The molecule has 0 aliphatic carbocycles. The Hall–Kier alpha value is -1.85. The molecule has 1 aliphatic rings. The Morgan fingerprint density at radius 1 is 1.47 bits per heavy atom. The highest BCUT2D eigenvalue weighted by Gasteiger charge is 2.19. The van der Waals surface area contributed by atoms with E-state index in [1.165, 1.54) is 6.07 Å². The molecular weight excluding hydrogens is 220 g/mol. The summed E-state index contributed by atoms with van der Waals surface area (Å²) in [5, 5.41) is 10.6. The van der Waals surface area contributed by atoms with Gasteiger partial charge in [-0.3, -0.25) is 10.1 Å². The van der Waals surface area contributed by atoms with Crippen LogP contribution in [0.1, 0.15) is 19.8 Å². The summed E-state index contributed by atoms with van der Waals surface area (Å²) in [6, 6.07) is 3.10. The van der Waals surface area contributed by atoms with Crippen molar-refractivity contribution < 1.29 is 4.92 Å². The maximum atomic E-state index is 10.6. The van der Waals surface area contributed by atoms with E-state index >= 15 is 0 Å². The molecule has 0 bridgehead atoms. The third kappa shape index (κ3) is 2.46. The maximum absolute atomic E-state index is 10.6. The second-order valence-corrected chi connectivity index (χ2v) is 4.50. The number of nitrogen functional groups attached to an aromatic ring is 1. The SMILES string of the molecule is CC1CCN(c2ccc([N+](=O)[O-])c(N)n2)CC1. The Labute approximate surface area is 99.6 Å². The summed E-state index contributed by atoms with van der Waals surface area (Å²) in [7, 11) is 0. The van der Waals surface area contributed by atoms with E-state index in [0.29, 0.717) is 0 Å². The van der Waals surface area contributed by atoms with Gasteiger partial charge in [0, 0.05) is 19.2 Å². The molecule has 1 saturated heterocycles. The van der Waals surface area contributed by atoms with E-state index in [1.807, 2.05) is 0 Å². The monoisotopic (exact) mass is 236 g/mol. The first-order valence-corrected chi connectivity index (χ1v) is 5.74. The molecule has 1 aromatic heterocycles.